The molecule has 0 radical (unpaired) electrons. The molecule has 314 valence electrons. The van der Waals surface area contributed by atoms with E-state index in [2.05, 4.69) is 209 Å². The molecular formula is C55H58N4OPt. The third kappa shape index (κ3) is 6.96. The summed E-state index contributed by atoms with van der Waals surface area (Å²) in [6.07, 6.45) is 10.9. The molecule has 5 aromatic carbocycles. The van der Waals surface area contributed by atoms with Crippen molar-refractivity contribution in [2.75, 3.05) is 4.90 Å². The summed E-state index contributed by atoms with van der Waals surface area (Å²) in [5.41, 5.74) is 13.8. The summed E-state index contributed by atoms with van der Waals surface area (Å²) < 4.78 is 12.8. The minimum absolute atomic E-state index is 0.0128. The Morgan fingerprint density at radius 2 is 1.31 bits per heavy atom. The number of pyridine rings is 1. The van der Waals surface area contributed by atoms with Gasteiger partial charge in [-0.25, -0.2) is 0 Å². The molecule has 0 bridgehead atoms. The van der Waals surface area contributed by atoms with E-state index in [0.29, 0.717) is 11.8 Å². The Morgan fingerprint density at radius 1 is 0.656 bits per heavy atom. The van der Waals surface area contributed by atoms with Crippen molar-refractivity contribution in [3.05, 3.63) is 154 Å². The number of imidazole rings is 1. The molecule has 2 fully saturated rings. The van der Waals surface area contributed by atoms with Crippen LogP contribution in [-0.2, 0) is 30.2 Å². The van der Waals surface area contributed by atoms with E-state index < -0.39 is 0 Å². The monoisotopic (exact) mass is 985 g/mol. The van der Waals surface area contributed by atoms with Crippen molar-refractivity contribution < 1.29 is 24.1 Å². The molecule has 3 aliphatic rings. The number of rotatable bonds is 6. The minimum atomic E-state index is 0.0128. The molecule has 10 rings (SSSR count). The second kappa shape index (κ2) is 15.1. The molecular weight excluding hydrogens is 928 g/mol. The zero-order valence-electron chi connectivity index (χ0n) is 36.7. The van der Waals surface area contributed by atoms with E-state index in [0.717, 1.165) is 32.3 Å². The van der Waals surface area contributed by atoms with Gasteiger partial charge < -0.3 is 0 Å². The first-order chi connectivity index (χ1) is 29.3. The van der Waals surface area contributed by atoms with Crippen LogP contribution < -0.4 is 9.64 Å². The van der Waals surface area contributed by atoms with Crippen LogP contribution >= 0.6 is 0 Å². The first-order valence-electron chi connectivity index (χ1n) is 22.4. The zero-order chi connectivity index (χ0) is 42.3. The predicted molar refractivity (Wildman–Crippen MR) is 248 cm³/mol. The first kappa shape index (κ1) is 40.1. The fourth-order valence-electron chi connectivity index (χ4n) is 11.0. The molecule has 2 saturated carbocycles. The fourth-order valence-corrected chi connectivity index (χ4v) is 12.2. The summed E-state index contributed by atoms with van der Waals surface area (Å²) in [5, 5.41) is 0. The third-order valence-corrected chi connectivity index (χ3v) is 15.1. The van der Waals surface area contributed by atoms with Gasteiger partial charge in [0.1, 0.15) is 0 Å². The van der Waals surface area contributed by atoms with Gasteiger partial charge in [-0.3, -0.25) is 0 Å². The van der Waals surface area contributed by atoms with Crippen LogP contribution in [0.5, 0.6) is 11.5 Å². The SMILES string of the molecule is Cc1cc(N2c3cc(Oc4cccc(-n5[c](=[Pt])n(-c6cc(C(C)(C)C)cc(C(C)(C)C)c6)c6ccccc65)c4)ccc3C3CCCC3C23CCCC3)ncc1-c1ccccc1. The standard InChI is InChI=1S/C55H58N4O.Pt/c1-37-29-52(56-35-47(37)38-17-9-8-10-18-38)59-51-34-44(25-26-46(51)45-21-16-22-48(45)55(59)27-13-14-28-55)60-43-20-15-19-41(33-43)57-36-58(50-24-12-11-23-49(50)57)42-31-39(53(2,3)4)30-40(32-42)54(5,6)7;/h8-12,15,17-20,23-26,29-35,45,48H,13-14,16,21-22,27-28H2,1-7H3;. The molecule has 3 heterocycles. The molecule has 2 atom stereocenters. The molecule has 7 aromatic rings. The van der Waals surface area contributed by atoms with Gasteiger partial charge in [0.05, 0.1) is 0 Å². The van der Waals surface area contributed by atoms with Crippen molar-refractivity contribution >= 4 is 22.5 Å². The van der Waals surface area contributed by atoms with Crippen molar-refractivity contribution in [1.82, 2.24) is 14.1 Å². The molecule has 0 amide bonds. The summed E-state index contributed by atoms with van der Waals surface area (Å²) >= 11 is 2.52. The second-order valence-corrected chi connectivity index (χ2v) is 21.0. The van der Waals surface area contributed by atoms with E-state index in [1.807, 2.05) is 0 Å². The molecule has 0 saturated heterocycles. The van der Waals surface area contributed by atoms with Crippen molar-refractivity contribution in [2.45, 2.75) is 116 Å². The van der Waals surface area contributed by atoms with Gasteiger partial charge >= 0.3 is 289 Å². The number of anilines is 2. The fraction of sp³-hybridized carbons (Fsp3) is 0.345. The Morgan fingerprint density at radius 3 is 1.98 bits per heavy atom. The van der Waals surface area contributed by atoms with Gasteiger partial charge in [-0.2, -0.15) is 0 Å². The van der Waals surface area contributed by atoms with E-state index in [-0.39, 0.29) is 16.4 Å². The van der Waals surface area contributed by atoms with Crippen LogP contribution in [0.25, 0.3) is 33.5 Å². The topological polar surface area (TPSA) is 35.2 Å². The Bertz CT molecular complexity index is 2820. The molecule has 2 unspecified atom stereocenters. The van der Waals surface area contributed by atoms with Crippen molar-refractivity contribution in [3.63, 3.8) is 0 Å². The van der Waals surface area contributed by atoms with E-state index in [1.54, 1.807) is 0 Å². The molecule has 6 heteroatoms. The number of aryl methyl sites for hydroxylation is 1. The summed E-state index contributed by atoms with van der Waals surface area (Å²) in [4.78, 5) is 7.98. The van der Waals surface area contributed by atoms with Crippen molar-refractivity contribution in [2.24, 2.45) is 5.92 Å². The van der Waals surface area contributed by atoms with Crippen LogP contribution in [0.1, 0.15) is 115 Å². The molecule has 5 nitrogen and oxygen atoms in total. The van der Waals surface area contributed by atoms with Crippen molar-refractivity contribution in [1.29, 1.82) is 0 Å². The minimum Gasteiger partial charge on any atom is -0.0622 e. The van der Waals surface area contributed by atoms with Gasteiger partial charge in [0.15, 0.2) is 0 Å². The summed E-state index contributed by atoms with van der Waals surface area (Å²) in [7, 11) is 0. The number of hydrogen-bond acceptors (Lipinski definition) is 3. The molecule has 2 aliphatic carbocycles. The third-order valence-electron chi connectivity index (χ3n) is 14.1. The average Bonchev–Trinajstić information content (AvgIpc) is 3.99. The molecule has 1 aliphatic heterocycles. The van der Waals surface area contributed by atoms with Crippen LogP contribution in [0, 0.1) is 16.6 Å². The number of para-hydroxylation sites is 2. The maximum atomic E-state index is 6.93. The maximum absolute atomic E-state index is 6.93. The van der Waals surface area contributed by atoms with Gasteiger partial charge in [-0.15, -0.1) is 0 Å². The van der Waals surface area contributed by atoms with Gasteiger partial charge in [0.2, 0.25) is 0 Å². The average molecular weight is 986 g/mol. The predicted octanol–water partition coefficient (Wildman–Crippen LogP) is 14.6. The summed E-state index contributed by atoms with van der Waals surface area (Å²) in [6, 6.07) is 44.5. The number of aromatic nitrogens is 3. The number of fused-ring (bicyclic) bond motifs is 5. The van der Waals surface area contributed by atoms with E-state index in [4.69, 9.17) is 9.72 Å². The summed E-state index contributed by atoms with van der Waals surface area (Å²) in [6.45, 7) is 16.1. The van der Waals surface area contributed by atoms with Crippen LogP contribution in [0.2, 0.25) is 0 Å². The Balaban J connectivity index is 1.05. The number of nitrogens with zero attached hydrogens (tertiary/aromatic N) is 4. The summed E-state index contributed by atoms with van der Waals surface area (Å²) in [5.74, 6) is 3.96. The van der Waals surface area contributed by atoms with Gasteiger partial charge in [-0.05, 0) is 24.5 Å². The van der Waals surface area contributed by atoms with E-state index in [9.17, 15) is 0 Å². The number of benzene rings is 5. The smallest absolute Gasteiger partial charge is 0.0622 e. The van der Waals surface area contributed by atoms with Gasteiger partial charge in [-0.1, -0.05) is 49.6 Å². The van der Waals surface area contributed by atoms with Gasteiger partial charge in [0, 0.05) is 11.8 Å². The van der Waals surface area contributed by atoms with Crippen LogP contribution in [0.4, 0.5) is 11.5 Å². The van der Waals surface area contributed by atoms with E-state index in [1.165, 1.54) is 95.2 Å². The Labute approximate surface area is 372 Å². The Hall–Kier alpha value is -4.99. The zero-order valence-corrected chi connectivity index (χ0v) is 39.0. The quantitative estimate of drug-likeness (QED) is 0.167. The number of hydrogen-bond donors (Lipinski definition) is 0. The van der Waals surface area contributed by atoms with Crippen LogP contribution in [-0.4, -0.2) is 19.7 Å². The van der Waals surface area contributed by atoms with Crippen LogP contribution in [0.15, 0.2) is 128 Å². The van der Waals surface area contributed by atoms with Crippen molar-refractivity contribution in [3.8, 4) is 34.0 Å². The molecule has 61 heavy (non-hydrogen) atoms. The first-order valence-corrected chi connectivity index (χ1v) is 23.5. The number of ether oxygens (including phenoxy) is 1. The molecule has 1 spiro atoms. The van der Waals surface area contributed by atoms with E-state index >= 15 is 0 Å². The van der Waals surface area contributed by atoms with Gasteiger partial charge in [0.25, 0.3) is 0 Å². The second-order valence-electron chi connectivity index (χ2n) is 20.0. The Kier molecular flexibility index (Phi) is 9.94. The molecule has 2 aromatic heterocycles. The molecule has 0 N–H and O–H groups in total. The van der Waals surface area contributed by atoms with Crippen LogP contribution in [0.3, 0.4) is 0 Å². The normalized spacial score (nSPS) is 18.5.